The number of hydrogen-bond acceptors (Lipinski definition) is 3. The zero-order chi connectivity index (χ0) is 14.1. The van der Waals surface area contributed by atoms with Crippen molar-refractivity contribution in [1.29, 1.82) is 0 Å². The van der Waals surface area contributed by atoms with Gasteiger partial charge >= 0.3 is 0 Å². The normalized spacial score (nSPS) is 24.6. The van der Waals surface area contributed by atoms with E-state index in [-0.39, 0.29) is 12.0 Å². The van der Waals surface area contributed by atoms with Gasteiger partial charge in [-0.25, -0.2) is 0 Å². The van der Waals surface area contributed by atoms with Crippen LogP contribution in [0.15, 0.2) is 24.3 Å². The van der Waals surface area contributed by atoms with Crippen molar-refractivity contribution in [2.24, 2.45) is 5.73 Å². The summed E-state index contributed by atoms with van der Waals surface area (Å²) in [5, 5.41) is 9.41. The highest BCUT2D eigenvalue weighted by atomic mass is 16.3. The van der Waals surface area contributed by atoms with Crippen LogP contribution >= 0.6 is 0 Å². The molecule has 3 N–H and O–H groups in total. The minimum absolute atomic E-state index is 0.0591. The van der Waals surface area contributed by atoms with Gasteiger partial charge in [0.05, 0.1) is 12.1 Å². The van der Waals surface area contributed by atoms with Crippen LogP contribution in [0.25, 0.3) is 0 Å². The summed E-state index contributed by atoms with van der Waals surface area (Å²) >= 11 is 0. The first kappa shape index (κ1) is 14.4. The van der Waals surface area contributed by atoms with E-state index in [0.717, 1.165) is 25.9 Å². The first-order valence-electron chi connectivity index (χ1n) is 7.09. The minimum Gasteiger partial charge on any atom is -0.394 e. The molecule has 19 heavy (non-hydrogen) atoms. The third-order valence-corrected chi connectivity index (χ3v) is 4.02. The molecule has 3 heteroatoms. The summed E-state index contributed by atoms with van der Waals surface area (Å²) in [5.41, 5.74) is 8.48. The Labute approximate surface area is 116 Å². The van der Waals surface area contributed by atoms with Crippen LogP contribution in [0, 0.1) is 0 Å². The van der Waals surface area contributed by atoms with E-state index in [0.29, 0.717) is 0 Å². The molecule has 1 aliphatic rings. The molecule has 2 rings (SSSR count). The molecule has 0 amide bonds. The molecule has 1 aromatic rings. The second-order valence-corrected chi connectivity index (χ2v) is 6.84. The van der Waals surface area contributed by atoms with Crippen molar-refractivity contribution < 1.29 is 5.11 Å². The Morgan fingerprint density at radius 3 is 2.42 bits per heavy atom. The Hall–Kier alpha value is -1.06. The van der Waals surface area contributed by atoms with Gasteiger partial charge in [0, 0.05) is 18.8 Å². The molecule has 0 saturated carbocycles. The lowest BCUT2D eigenvalue weighted by Gasteiger charge is -2.40. The van der Waals surface area contributed by atoms with Crippen LogP contribution in [0.4, 0.5) is 5.69 Å². The average molecular weight is 262 g/mol. The Morgan fingerprint density at radius 2 is 1.89 bits per heavy atom. The predicted octanol–water partition coefficient (Wildman–Crippen LogP) is 2.27. The van der Waals surface area contributed by atoms with Crippen molar-refractivity contribution in [1.82, 2.24) is 0 Å². The molecule has 0 spiro atoms. The predicted molar refractivity (Wildman–Crippen MR) is 80.6 cm³/mol. The first-order valence-corrected chi connectivity index (χ1v) is 7.09. The fourth-order valence-electron chi connectivity index (χ4n) is 2.68. The maximum absolute atomic E-state index is 9.41. The largest absolute Gasteiger partial charge is 0.394 e. The molecule has 3 nitrogen and oxygen atoms in total. The van der Waals surface area contributed by atoms with Crippen molar-refractivity contribution in [3.63, 3.8) is 0 Å². The Bertz CT molecular complexity index is 421. The van der Waals surface area contributed by atoms with Crippen molar-refractivity contribution >= 4 is 5.69 Å². The van der Waals surface area contributed by atoms with E-state index in [1.807, 2.05) is 0 Å². The number of nitrogens with zero attached hydrogens (tertiary/aromatic N) is 1. The Kier molecular flexibility index (Phi) is 3.88. The smallest absolute Gasteiger partial charge is 0.0628 e. The molecule has 1 atom stereocenters. The van der Waals surface area contributed by atoms with E-state index in [1.165, 1.54) is 11.3 Å². The summed E-state index contributed by atoms with van der Waals surface area (Å²) in [4.78, 5) is 2.28. The molecule has 0 aromatic heterocycles. The van der Waals surface area contributed by atoms with Crippen LogP contribution in [0.1, 0.15) is 39.2 Å². The molecule has 0 bridgehead atoms. The Morgan fingerprint density at radius 1 is 1.26 bits per heavy atom. The van der Waals surface area contributed by atoms with Gasteiger partial charge in [0.15, 0.2) is 0 Å². The summed E-state index contributed by atoms with van der Waals surface area (Å²) < 4.78 is 0. The molecule has 106 valence electrons. The molecule has 1 heterocycles. The molecule has 1 saturated heterocycles. The van der Waals surface area contributed by atoms with E-state index >= 15 is 0 Å². The van der Waals surface area contributed by atoms with E-state index in [4.69, 9.17) is 5.73 Å². The van der Waals surface area contributed by atoms with Crippen molar-refractivity contribution in [2.45, 2.75) is 44.6 Å². The highest BCUT2D eigenvalue weighted by molar-refractivity contribution is 5.49. The summed E-state index contributed by atoms with van der Waals surface area (Å²) in [6.07, 6.45) is 1.94. The lowest BCUT2D eigenvalue weighted by atomic mass is 9.86. The lowest BCUT2D eigenvalue weighted by Crippen LogP contribution is -2.56. The first-order chi connectivity index (χ1) is 8.84. The van der Waals surface area contributed by atoms with E-state index in [9.17, 15) is 5.11 Å². The number of rotatable bonds is 2. The highest BCUT2D eigenvalue weighted by Gasteiger charge is 2.31. The number of benzene rings is 1. The van der Waals surface area contributed by atoms with Crippen LogP contribution in [-0.2, 0) is 5.41 Å². The van der Waals surface area contributed by atoms with Gasteiger partial charge in [0.2, 0.25) is 0 Å². The van der Waals surface area contributed by atoms with Gasteiger partial charge in [0.1, 0.15) is 0 Å². The standard InChI is InChI=1S/C16H26N2O/c1-15(2,3)13-5-7-14(8-6-13)18-10-4-9-16(17,11-18)12-19/h5-8,19H,4,9-12,17H2,1-3H3. The number of nitrogens with two attached hydrogens (primary N) is 1. The second-order valence-electron chi connectivity index (χ2n) is 6.84. The molecular weight excluding hydrogens is 236 g/mol. The zero-order valence-electron chi connectivity index (χ0n) is 12.3. The van der Waals surface area contributed by atoms with Crippen molar-refractivity contribution in [3.05, 3.63) is 29.8 Å². The van der Waals surface area contributed by atoms with Gasteiger partial charge in [-0.3, -0.25) is 0 Å². The van der Waals surface area contributed by atoms with Gasteiger partial charge in [-0.2, -0.15) is 0 Å². The Balaban J connectivity index is 2.14. The number of aliphatic hydroxyl groups excluding tert-OH is 1. The maximum atomic E-state index is 9.41. The molecule has 1 aromatic carbocycles. The molecule has 1 fully saturated rings. The van der Waals surface area contributed by atoms with E-state index in [1.54, 1.807) is 0 Å². The summed E-state index contributed by atoms with van der Waals surface area (Å²) in [6.45, 7) is 8.48. The third kappa shape index (κ3) is 3.28. The van der Waals surface area contributed by atoms with Gasteiger partial charge < -0.3 is 15.7 Å². The SMILES string of the molecule is CC(C)(C)c1ccc(N2CCCC(N)(CO)C2)cc1. The second kappa shape index (κ2) is 5.14. The van der Waals surface area contributed by atoms with Crippen LogP contribution in [0.2, 0.25) is 0 Å². The van der Waals surface area contributed by atoms with Crippen molar-refractivity contribution in [2.75, 3.05) is 24.6 Å². The van der Waals surface area contributed by atoms with Crippen LogP contribution < -0.4 is 10.6 Å². The van der Waals surface area contributed by atoms with Gasteiger partial charge in [-0.1, -0.05) is 32.9 Å². The van der Waals surface area contributed by atoms with Gasteiger partial charge in [-0.15, -0.1) is 0 Å². The maximum Gasteiger partial charge on any atom is 0.0628 e. The summed E-state index contributed by atoms with van der Waals surface area (Å²) in [6, 6.07) is 8.73. The summed E-state index contributed by atoms with van der Waals surface area (Å²) in [7, 11) is 0. The zero-order valence-corrected chi connectivity index (χ0v) is 12.3. The van der Waals surface area contributed by atoms with Gasteiger partial charge in [-0.05, 0) is 36.0 Å². The number of anilines is 1. The van der Waals surface area contributed by atoms with E-state index < -0.39 is 5.54 Å². The fourth-order valence-corrected chi connectivity index (χ4v) is 2.68. The topological polar surface area (TPSA) is 49.5 Å². The lowest BCUT2D eigenvalue weighted by molar-refractivity contribution is 0.177. The monoisotopic (exact) mass is 262 g/mol. The van der Waals surface area contributed by atoms with Gasteiger partial charge in [0.25, 0.3) is 0 Å². The molecule has 0 radical (unpaired) electrons. The third-order valence-electron chi connectivity index (χ3n) is 4.02. The van der Waals surface area contributed by atoms with E-state index in [2.05, 4.69) is 49.9 Å². The number of hydrogen-bond donors (Lipinski definition) is 2. The van der Waals surface area contributed by atoms with Crippen LogP contribution in [-0.4, -0.2) is 30.3 Å². The molecular formula is C16H26N2O. The molecule has 0 aliphatic carbocycles. The minimum atomic E-state index is -0.444. The van der Waals surface area contributed by atoms with Crippen LogP contribution in [0.3, 0.4) is 0 Å². The van der Waals surface area contributed by atoms with Crippen molar-refractivity contribution in [3.8, 4) is 0 Å². The average Bonchev–Trinajstić information content (AvgIpc) is 2.38. The fraction of sp³-hybridized carbons (Fsp3) is 0.625. The number of aliphatic hydroxyl groups is 1. The molecule has 1 unspecified atom stereocenters. The van der Waals surface area contributed by atoms with Crippen LogP contribution in [0.5, 0.6) is 0 Å². The molecule has 1 aliphatic heterocycles. The highest BCUT2D eigenvalue weighted by Crippen LogP contribution is 2.28. The summed E-state index contributed by atoms with van der Waals surface area (Å²) in [5.74, 6) is 0. The quantitative estimate of drug-likeness (QED) is 0.859. The number of piperidine rings is 1.